The summed E-state index contributed by atoms with van der Waals surface area (Å²) in [5.41, 5.74) is 4.49. The molecule has 2 aromatic carbocycles. The van der Waals surface area contributed by atoms with E-state index in [9.17, 15) is 4.79 Å². The number of carbonyl (C=O) groups is 1. The fraction of sp³-hybridized carbons (Fsp3) is 0.364. The molecular formula is C22H26N4O. The van der Waals surface area contributed by atoms with Gasteiger partial charge in [-0.05, 0) is 49.2 Å². The molecule has 140 valence electrons. The van der Waals surface area contributed by atoms with Gasteiger partial charge in [0.2, 0.25) is 5.91 Å². The minimum Gasteiger partial charge on any atom is -0.352 e. The van der Waals surface area contributed by atoms with Crippen molar-refractivity contribution < 1.29 is 4.79 Å². The predicted molar refractivity (Wildman–Crippen MR) is 107 cm³/mol. The molecule has 1 fully saturated rings. The van der Waals surface area contributed by atoms with Crippen molar-refractivity contribution in [2.24, 2.45) is 0 Å². The molecule has 5 nitrogen and oxygen atoms in total. The Hall–Kier alpha value is -2.66. The lowest BCUT2D eigenvalue weighted by Gasteiger charge is -2.17. The van der Waals surface area contributed by atoms with Crippen LogP contribution in [0.25, 0.3) is 11.0 Å². The van der Waals surface area contributed by atoms with Gasteiger partial charge in [-0.3, -0.25) is 9.69 Å². The molecule has 3 aromatic rings. The fourth-order valence-electron chi connectivity index (χ4n) is 3.70. The zero-order valence-electron chi connectivity index (χ0n) is 15.6. The molecule has 4 rings (SSSR count). The number of likely N-dealkylation sites (tertiary alicyclic amines) is 1. The second-order valence-corrected chi connectivity index (χ2v) is 7.23. The summed E-state index contributed by atoms with van der Waals surface area (Å²) in [6, 6.07) is 16.4. The number of rotatable bonds is 7. The Balaban J connectivity index is 1.30. The highest BCUT2D eigenvalue weighted by molar-refractivity contribution is 5.77. The Morgan fingerprint density at radius 3 is 2.59 bits per heavy atom. The largest absolute Gasteiger partial charge is 0.352 e. The van der Waals surface area contributed by atoms with E-state index in [2.05, 4.69) is 38.4 Å². The maximum atomic E-state index is 12.3. The molecule has 1 aliphatic heterocycles. The molecule has 2 N–H and O–H groups in total. The second kappa shape index (κ2) is 8.35. The van der Waals surface area contributed by atoms with Crippen LogP contribution in [0.1, 0.15) is 36.2 Å². The second-order valence-electron chi connectivity index (χ2n) is 7.23. The van der Waals surface area contributed by atoms with Gasteiger partial charge in [0.1, 0.15) is 5.82 Å². The number of nitrogens with zero attached hydrogens (tertiary/aromatic N) is 2. The van der Waals surface area contributed by atoms with Gasteiger partial charge in [-0.1, -0.05) is 36.4 Å². The van der Waals surface area contributed by atoms with Gasteiger partial charge in [-0.25, -0.2) is 4.98 Å². The van der Waals surface area contributed by atoms with E-state index >= 15 is 0 Å². The molecule has 0 atom stereocenters. The quantitative estimate of drug-likeness (QED) is 0.677. The number of aromatic nitrogens is 2. The molecule has 0 aliphatic carbocycles. The minimum atomic E-state index is 0.0615. The fourth-order valence-corrected chi connectivity index (χ4v) is 3.70. The Bertz CT molecular complexity index is 878. The van der Waals surface area contributed by atoms with Crippen LogP contribution in [0.5, 0.6) is 0 Å². The van der Waals surface area contributed by atoms with Crippen molar-refractivity contribution in [1.82, 2.24) is 20.2 Å². The molecule has 1 saturated heterocycles. The molecule has 0 saturated carbocycles. The first-order valence-corrected chi connectivity index (χ1v) is 9.77. The Labute approximate surface area is 159 Å². The lowest BCUT2D eigenvalue weighted by atomic mass is 10.1. The van der Waals surface area contributed by atoms with Crippen LogP contribution in [0.2, 0.25) is 0 Å². The van der Waals surface area contributed by atoms with Crippen molar-refractivity contribution in [2.75, 3.05) is 13.1 Å². The molecule has 0 radical (unpaired) electrons. The number of amides is 1. The van der Waals surface area contributed by atoms with Gasteiger partial charge in [0, 0.05) is 25.9 Å². The topological polar surface area (TPSA) is 61.0 Å². The Morgan fingerprint density at radius 2 is 1.78 bits per heavy atom. The van der Waals surface area contributed by atoms with Crippen molar-refractivity contribution in [1.29, 1.82) is 0 Å². The number of hydrogen-bond donors (Lipinski definition) is 2. The number of nitrogens with one attached hydrogen (secondary N) is 2. The zero-order chi connectivity index (χ0) is 18.5. The monoisotopic (exact) mass is 362 g/mol. The third kappa shape index (κ3) is 4.55. The molecule has 27 heavy (non-hydrogen) atoms. The molecule has 0 bridgehead atoms. The summed E-state index contributed by atoms with van der Waals surface area (Å²) in [4.78, 5) is 22.6. The molecule has 1 amide bonds. The van der Waals surface area contributed by atoms with E-state index < -0.39 is 0 Å². The van der Waals surface area contributed by atoms with Gasteiger partial charge in [0.05, 0.1) is 11.0 Å². The van der Waals surface area contributed by atoms with Gasteiger partial charge in [0.25, 0.3) is 0 Å². The normalized spacial score (nSPS) is 14.7. The van der Waals surface area contributed by atoms with E-state index in [1.807, 2.05) is 30.3 Å². The standard InChI is InChI=1S/C22H26N4O/c27-22(12-11-21-24-19-9-3-4-10-20(19)25-21)23-15-17-7-1-2-8-18(17)16-26-13-5-6-14-26/h1-4,7-10H,5-6,11-16H2,(H,23,27)(H,24,25). The highest BCUT2D eigenvalue weighted by Gasteiger charge is 2.14. The number of para-hydroxylation sites is 2. The molecular weight excluding hydrogens is 336 g/mol. The van der Waals surface area contributed by atoms with E-state index in [4.69, 9.17) is 0 Å². The first kappa shape index (κ1) is 17.7. The van der Waals surface area contributed by atoms with Crippen LogP contribution in [-0.4, -0.2) is 33.9 Å². The summed E-state index contributed by atoms with van der Waals surface area (Å²) in [5.74, 6) is 0.923. The first-order valence-electron chi connectivity index (χ1n) is 9.77. The Kier molecular flexibility index (Phi) is 5.49. The molecule has 2 heterocycles. The molecule has 1 aromatic heterocycles. The van der Waals surface area contributed by atoms with Gasteiger partial charge in [0.15, 0.2) is 0 Å². The van der Waals surface area contributed by atoms with Crippen LogP contribution in [0, 0.1) is 0 Å². The van der Waals surface area contributed by atoms with Crippen molar-refractivity contribution in [3.63, 3.8) is 0 Å². The Morgan fingerprint density at radius 1 is 1.04 bits per heavy atom. The van der Waals surface area contributed by atoms with E-state index in [1.165, 1.54) is 37.1 Å². The molecule has 5 heteroatoms. The number of aromatic amines is 1. The van der Waals surface area contributed by atoms with Crippen LogP contribution in [-0.2, 0) is 24.3 Å². The summed E-state index contributed by atoms with van der Waals surface area (Å²) >= 11 is 0. The maximum absolute atomic E-state index is 12.3. The van der Waals surface area contributed by atoms with Crippen molar-refractivity contribution in [2.45, 2.75) is 38.8 Å². The van der Waals surface area contributed by atoms with Crippen LogP contribution < -0.4 is 5.32 Å². The molecule has 1 aliphatic rings. The maximum Gasteiger partial charge on any atom is 0.220 e. The number of imidazole rings is 1. The van der Waals surface area contributed by atoms with Gasteiger partial charge in [-0.15, -0.1) is 0 Å². The predicted octanol–water partition coefficient (Wildman–Crippen LogP) is 3.41. The number of benzene rings is 2. The van der Waals surface area contributed by atoms with Crippen LogP contribution in [0.15, 0.2) is 48.5 Å². The number of aryl methyl sites for hydroxylation is 1. The SMILES string of the molecule is O=C(CCc1nc2ccccc2[nH]1)NCc1ccccc1CN1CCCC1. The van der Waals surface area contributed by atoms with Gasteiger partial charge >= 0.3 is 0 Å². The highest BCUT2D eigenvalue weighted by Crippen LogP contribution is 2.16. The summed E-state index contributed by atoms with van der Waals surface area (Å²) in [5, 5.41) is 3.07. The smallest absolute Gasteiger partial charge is 0.220 e. The third-order valence-corrected chi connectivity index (χ3v) is 5.21. The highest BCUT2D eigenvalue weighted by atomic mass is 16.1. The van der Waals surface area contributed by atoms with Crippen LogP contribution in [0.3, 0.4) is 0 Å². The number of fused-ring (bicyclic) bond motifs is 1. The summed E-state index contributed by atoms with van der Waals surface area (Å²) in [7, 11) is 0. The summed E-state index contributed by atoms with van der Waals surface area (Å²) < 4.78 is 0. The lowest BCUT2D eigenvalue weighted by Crippen LogP contribution is -2.25. The van der Waals surface area contributed by atoms with Crippen LogP contribution in [0.4, 0.5) is 0 Å². The molecule has 0 unspecified atom stereocenters. The van der Waals surface area contributed by atoms with E-state index in [0.717, 1.165) is 23.4 Å². The minimum absolute atomic E-state index is 0.0615. The number of carbonyl (C=O) groups excluding carboxylic acids is 1. The zero-order valence-corrected chi connectivity index (χ0v) is 15.6. The first-order chi connectivity index (χ1) is 13.3. The number of hydrogen-bond acceptors (Lipinski definition) is 3. The average molecular weight is 362 g/mol. The van der Waals surface area contributed by atoms with Gasteiger partial charge in [-0.2, -0.15) is 0 Å². The van der Waals surface area contributed by atoms with Crippen molar-refractivity contribution in [3.05, 3.63) is 65.5 Å². The van der Waals surface area contributed by atoms with Crippen molar-refractivity contribution in [3.8, 4) is 0 Å². The third-order valence-electron chi connectivity index (χ3n) is 5.21. The van der Waals surface area contributed by atoms with E-state index in [1.54, 1.807) is 0 Å². The van der Waals surface area contributed by atoms with E-state index in [0.29, 0.717) is 19.4 Å². The number of H-pyrrole nitrogens is 1. The summed E-state index contributed by atoms with van der Waals surface area (Å²) in [6.07, 6.45) is 3.64. The molecule has 0 spiro atoms. The lowest BCUT2D eigenvalue weighted by molar-refractivity contribution is -0.121. The van der Waals surface area contributed by atoms with Crippen molar-refractivity contribution >= 4 is 16.9 Å². The van der Waals surface area contributed by atoms with Gasteiger partial charge < -0.3 is 10.3 Å². The average Bonchev–Trinajstić information content (AvgIpc) is 3.34. The summed E-state index contributed by atoms with van der Waals surface area (Å²) in [6.45, 7) is 3.92. The van der Waals surface area contributed by atoms with E-state index in [-0.39, 0.29) is 5.91 Å². The van der Waals surface area contributed by atoms with Crippen LogP contribution >= 0.6 is 0 Å².